The first kappa shape index (κ1) is 14.0. The number of nitrogens with zero attached hydrogens (tertiary/aromatic N) is 2. The summed E-state index contributed by atoms with van der Waals surface area (Å²) in [6, 6.07) is 1.88. The predicted octanol–water partition coefficient (Wildman–Crippen LogP) is 0.178. The van der Waals surface area contributed by atoms with Gasteiger partial charge in [0, 0.05) is 31.8 Å². The van der Waals surface area contributed by atoms with Crippen LogP contribution in [-0.4, -0.2) is 36.8 Å². The number of amidine groups is 1. The van der Waals surface area contributed by atoms with Gasteiger partial charge in [0.15, 0.2) is 0 Å². The van der Waals surface area contributed by atoms with Crippen molar-refractivity contribution in [2.75, 3.05) is 20.1 Å². The van der Waals surface area contributed by atoms with Crippen LogP contribution in [0.2, 0.25) is 0 Å². The van der Waals surface area contributed by atoms with Crippen LogP contribution in [0.1, 0.15) is 19.3 Å². The molecule has 1 aliphatic heterocycles. The van der Waals surface area contributed by atoms with E-state index in [-0.39, 0.29) is 24.1 Å². The van der Waals surface area contributed by atoms with E-state index in [1.807, 2.05) is 6.07 Å². The van der Waals surface area contributed by atoms with Crippen LogP contribution in [0.3, 0.4) is 0 Å². The smallest absolute Gasteiger partial charge is 0.236 e. The Morgan fingerprint density at radius 1 is 1.72 bits per heavy atom. The molecule has 4 N–H and O–H groups in total. The molecule has 6 nitrogen and oxygen atoms in total. The van der Waals surface area contributed by atoms with Gasteiger partial charge in [-0.2, -0.15) is 5.26 Å². The van der Waals surface area contributed by atoms with Gasteiger partial charge in [0.2, 0.25) is 5.91 Å². The lowest BCUT2D eigenvalue weighted by atomic mass is 9.94. The van der Waals surface area contributed by atoms with Crippen LogP contribution in [0.5, 0.6) is 0 Å². The van der Waals surface area contributed by atoms with E-state index in [2.05, 4.69) is 5.32 Å². The quantitative estimate of drug-likeness (QED) is 0.488. The number of hydrogen-bond acceptors (Lipinski definition) is 4. The number of rotatable bonds is 4. The van der Waals surface area contributed by atoms with Gasteiger partial charge in [0.25, 0.3) is 0 Å². The largest absolute Gasteiger partial charge is 0.391 e. The molecule has 1 heterocycles. The van der Waals surface area contributed by atoms with E-state index in [1.165, 1.54) is 0 Å². The Morgan fingerprint density at radius 2 is 2.44 bits per heavy atom. The maximum atomic E-state index is 11.7. The summed E-state index contributed by atoms with van der Waals surface area (Å²) in [6.07, 6.45) is 3.37. The Kier molecular flexibility index (Phi) is 5.18. The minimum absolute atomic E-state index is 0.000162. The molecule has 1 atom stereocenters. The van der Waals surface area contributed by atoms with Gasteiger partial charge in [-0.1, -0.05) is 0 Å². The highest BCUT2D eigenvalue weighted by molar-refractivity contribution is 5.89. The second-order valence-corrected chi connectivity index (χ2v) is 4.32. The fourth-order valence-electron chi connectivity index (χ4n) is 2.20. The summed E-state index contributed by atoms with van der Waals surface area (Å²) in [5, 5.41) is 18.9. The second-order valence-electron chi connectivity index (χ2n) is 4.32. The topological polar surface area (TPSA) is 106 Å². The molecule has 1 saturated heterocycles. The van der Waals surface area contributed by atoms with Crippen molar-refractivity contribution in [2.24, 2.45) is 11.7 Å². The van der Waals surface area contributed by atoms with E-state index >= 15 is 0 Å². The first-order valence-corrected chi connectivity index (χ1v) is 5.96. The summed E-state index contributed by atoms with van der Waals surface area (Å²) in [4.78, 5) is 13.4. The number of piperidine rings is 1. The summed E-state index contributed by atoms with van der Waals surface area (Å²) < 4.78 is 0. The third-order valence-electron chi connectivity index (χ3n) is 3.04. The van der Waals surface area contributed by atoms with E-state index in [9.17, 15) is 4.79 Å². The molecule has 1 fully saturated rings. The third-order valence-corrected chi connectivity index (χ3v) is 3.04. The van der Waals surface area contributed by atoms with Gasteiger partial charge < -0.3 is 16.0 Å². The predicted molar refractivity (Wildman–Crippen MR) is 68.6 cm³/mol. The standard InChI is InChI=1S/C12H19N5O/c1-16-10(7-11(14)15)9-3-2-6-17(8-9)12(18)4-5-13/h7,9,16H,2-4,6,8H2,1H3,(H3,14,15)/b10-7-. The molecule has 0 aromatic carbocycles. The number of carbonyl (C=O) groups is 1. The Bertz CT molecular complexity index is 396. The van der Waals surface area contributed by atoms with Crippen LogP contribution in [0.15, 0.2) is 11.8 Å². The van der Waals surface area contributed by atoms with Crippen molar-refractivity contribution < 1.29 is 4.79 Å². The number of nitriles is 1. The van der Waals surface area contributed by atoms with E-state index in [4.69, 9.17) is 16.4 Å². The summed E-state index contributed by atoms with van der Waals surface area (Å²) in [5.41, 5.74) is 6.23. The third kappa shape index (κ3) is 3.77. The van der Waals surface area contributed by atoms with Crippen molar-refractivity contribution in [1.29, 1.82) is 10.7 Å². The van der Waals surface area contributed by atoms with Gasteiger partial charge in [-0.3, -0.25) is 10.2 Å². The highest BCUT2D eigenvalue weighted by atomic mass is 16.2. The van der Waals surface area contributed by atoms with Crippen LogP contribution in [-0.2, 0) is 4.79 Å². The fraction of sp³-hybridized carbons (Fsp3) is 0.583. The van der Waals surface area contributed by atoms with Crippen LogP contribution in [0, 0.1) is 22.7 Å². The molecule has 0 aromatic heterocycles. The highest BCUT2D eigenvalue weighted by Gasteiger charge is 2.25. The zero-order valence-corrected chi connectivity index (χ0v) is 10.6. The van der Waals surface area contributed by atoms with Crippen LogP contribution in [0.4, 0.5) is 0 Å². The number of carbonyl (C=O) groups excluding carboxylic acids is 1. The zero-order chi connectivity index (χ0) is 13.5. The van der Waals surface area contributed by atoms with E-state index in [0.29, 0.717) is 13.1 Å². The molecule has 0 saturated carbocycles. The summed E-state index contributed by atoms with van der Waals surface area (Å²) in [5.74, 6) is 0.0376. The Morgan fingerprint density at radius 3 is 3.00 bits per heavy atom. The minimum Gasteiger partial charge on any atom is -0.391 e. The minimum atomic E-state index is -0.125. The van der Waals surface area contributed by atoms with E-state index in [1.54, 1.807) is 18.0 Å². The lowest BCUT2D eigenvalue weighted by Gasteiger charge is -2.33. The Balaban J connectivity index is 2.71. The molecule has 1 amide bonds. The zero-order valence-electron chi connectivity index (χ0n) is 10.6. The molecule has 0 aromatic rings. The Labute approximate surface area is 107 Å². The molecule has 1 aliphatic rings. The van der Waals surface area contributed by atoms with Gasteiger partial charge in [-0.05, 0) is 18.9 Å². The van der Waals surface area contributed by atoms with Gasteiger partial charge in [-0.15, -0.1) is 0 Å². The summed E-state index contributed by atoms with van der Waals surface area (Å²) in [7, 11) is 1.78. The molecule has 0 bridgehead atoms. The number of likely N-dealkylation sites (tertiary alicyclic amines) is 1. The molecule has 1 unspecified atom stereocenters. The monoisotopic (exact) mass is 249 g/mol. The van der Waals surface area contributed by atoms with Crippen molar-refractivity contribution in [3.05, 3.63) is 11.8 Å². The van der Waals surface area contributed by atoms with Crippen molar-refractivity contribution in [2.45, 2.75) is 19.3 Å². The van der Waals surface area contributed by atoms with Crippen LogP contribution in [0.25, 0.3) is 0 Å². The fourth-order valence-corrected chi connectivity index (χ4v) is 2.20. The van der Waals surface area contributed by atoms with E-state index < -0.39 is 0 Å². The van der Waals surface area contributed by atoms with Crippen LogP contribution < -0.4 is 11.1 Å². The number of hydrogen-bond donors (Lipinski definition) is 3. The number of nitrogens with two attached hydrogens (primary N) is 1. The molecule has 98 valence electrons. The average Bonchev–Trinajstić information content (AvgIpc) is 2.36. The molecule has 18 heavy (non-hydrogen) atoms. The van der Waals surface area contributed by atoms with Gasteiger partial charge in [0.1, 0.15) is 12.3 Å². The van der Waals surface area contributed by atoms with Crippen molar-refractivity contribution in [3.63, 3.8) is 0 Å². The summed E-state index contributed by atoms with van der Waals surface area (Å²) >= 11 is 0. The maximum absolute atomic E-state index is 11.7. The first-order valence-electron chi connectivity index (χ1n) is 5.96. The Hall–Kier alpha value is -2.03. The number of amides is 1. The maximum Gasteiger partial charge on any atom is 0.236 e. The molecule has 0 spiro atoms. The van der Waals surface area contributed by atoms with E-state index in [0.717, 1.165) is 18.5 Å². The molecular formula is C12H19N5O. The molecular weight excluding hydrogens is 230 g/mol. The molecule has 1 rings (SSSR count). The lowest BCUT2D eigenvalue weighted by molar-refractivity contribution is -0.131. The molecule has 6 heteroatoms. The average molecular weight is 249 g/mol. The summed E-state index contributed by atoms with van der Waals surface area (Å²) in [6.45, 7) is 1.29. The molecule has 0 radical (unpaired) electrons. The normalized spacial score (nSPS) is 20.1. The number of nitrogens with one attached hydrogen (secondary N) is 2. The highest BCUT2D eigenvalue weighted by Crippen LogP contribution is 2.22. The van der Waals surface area contributed by atoms with Crippen LogP contribution >= 0.6 is 0 Å². The van der Waals surface area contributed by atoms with Crippen molar-refractivity contribution in [3.8, 4) is 6.07 Å². The SMILES string of the molecule is CN/C(=C\C(=N)N)C1CCCN(C(=O)CC#N)C1. The second kappa shape index (κ2) is 6.64. The van der Waals surface area contributed by atoms with Gasteiger partial charge in [-0.25, -0.2) is 0 Å². The van der Waals surface area contributed by atoms with Gasteiger partial charge in [0.05, 0.1) is 6.07 Å². The van der Waals surface area contributed by atoms with Gasteiger partial charge >= 0.3 is 0 Å². The lowest BCUT2D eigenvalue weighted by Crippen LogP contribution is -2.41. The van der Waals surface area contributed by atoms with Crippen molar-refractivity contribution in [1.82, 2.24) is 10.2 Å². The van der Waals surface area contributed by atoms with Crippen molar-refractivity contribution >= 4 is 11.7 Å². The first-order chi connectivity index (χ1) is 8.58. The molecule has 0 aliphatic carbocycles.